The first-order valence-electron chi connectivity index (χ1n) is 7.18. The van der Waals surface area contributed by atoms with Crippen molar-refractivity contribution in [3.05, 3.63) is 0 Å². The Morgan fingerprint density at radius 1 is 1.19 bits per heavy atom. The predicted molar refractivity (Wildman–Crippen MR) is 71.9 cm³/mol. The van der Waals surface area contributed by atoms with Crippen LogP contribution in [0.4, 0.5) is 0 Å². The Labute approximate surface area is 102 Å². The van der Waals surface area contributed by atoms with Gasteiger partial charge in [0.2, 0.25) is 0 Å². The van der Waals surface area contributed by atoms with E-state index in [1.165, 1.54) is 38.6 Å². The average Bonchev–Trinajstić information content (AvgIpc) is 2.28. The number of hydrogen-bond donors (Lipinski definition) is 1. The SMILES string of the molecule is CCCNC(CC)CN1[C@H](C)CCC[C@@H]1C. The number of nitrogens with one attached hydrogen (secondary N) is 1. The lowest BCUT2D eigenvalue weighted by molar-refractivity contribution is 0.0902. The molecule has 96 valence electrons. The van der Waals surface area contributed by atoms with E-state index in [0.29, 0.717) is 6.04 Å². The Bertz CT molecular complexity index is 172. The molecule has 0 saturated carbocycles. The largest absolute Gasteiger partial charge is 0.313 e. The van der Waals surface area contributed by atoms with Crippen LogP contribution in [0.2, 0.25) is 0 Å². The standard InChI is InChI=1S/C14H30N2/c1-5-10-15-14(6-2)11-16-12(3)8-7-9-13(16)4/h12-15H,5-11H2,1-4H3/t12-,13+,14?. The van der Waals surface area contributed by atoms with E-state index in [9.17, 15) is 0 Å². The van der Waals surface area contributed by atoms with Crippen LogP contribution in [0.1, 0.15) is 59.8 Å². The number of likely N-dealkylation sites (tertiary alicyclic amines) is 1. The molecule has 1 aliphatic rings. The molecule has 3 atom stereocenters. The van der Waals surface area contributed by atoms with Gasteiger partial charge in [-0.1, -0.05) is 20.3 Å². The summed E-state index contributed by atoms with van der Waals surface area (Å²) in [4.78, 5) is 2.71. The summed E-state index contributed by atoms with van der Waals surface area (Å²) < 4.78 is 0. The third kappa shape index (κ3) is 4.06. The summed E-state index contributed by atoms with van der Waals surface area (Å²) in [6, 6.07) is 2.24. The molecule has 2 heteroatoms. The second-order valence-corrected chi connectivity index (χ2v) is 5.39. The van der Waals surface area contributed by atoms with Crippen molar-refractivity contribution in [2.75, 3.05) is 13.1 Å². The molecule has 0 bridgehead atoms. The van der Waals surface area contributed by atoms with Crippen molar-refractivity contribution in [1.29, 1.82) is 0 Å². The van der Waals surface area contributed by atoms with Crippen molar-refractivity contribution in [3.8, 4) is 0 Å². The van der Waals surface area contributed by atoms with E-state index in [1.54, 1.807) is 0 Å². The fraction of sp³-hybridized carbons (Fsp3) is 1.00. The van der Waals surface area contributed by atoms with Gasteiger partial charge in [0.25, 0.3) is 0 Å². The van der Waals surface area contributed by atoms with Crippen molar-refractivity contribution < 1.29 is 0 Å². The Hall–Kier alpha value is -0.0800. The third-order valence-electron chi connectivity index (χ3n) is 3.98. The number of hydrogen-bond acceptors (Lipinski definition) is 2. The van der Waals surface area contributed by atoms with Crippen molar-refractivity contribution in [1.82, 2.24) is 10.2 Å². The smallest absolute Gasteiger partial charge is 0.0192 e. The van der Waals surface area contributed by atoms with Gasteiger partial charge in [-0.25, -0.2) is 0 Å². The molecule has 1 rings (SSSR count). The highest BCUT2D eigenvalue weighted by molar-refractivity contribution is 4.83. The Kier molecular flexibility index (Phi) is 6.37. The molecule has 0 aromatic heterocycles. The molecule has 1 unspecified atom stereocenters. The first-order valence-corrected chi connectivity index (χ1v) is 7.18. The maximum absolute atomic E-state index is 3.67. The molecule has 1 saturated heterocycles. The molecule has 1 aliphatic heterocycles. The van der Waals surface area contributed by atoms with Gasteiger partial charge in [-0.15, -0.1) is 0 Å². The summed E-state index contributed by atoms with van der Waals surface area (Å²) in [6.07, 6.45) is 6.67. The van der Waals surface area contributed by atoms with Crippen molar-refractivity contribution >= 4 is 0 Å². The number of nitrogens with zero attached hydrogens (tertiary/aromatic N) is 1. The van der Waals surface area contributed by atoms with Crippen LogP contribution in [-0.2, 0) is 0 Å². The molecule has 0 aromatic carbocycles. The molecule has 0 radical (unpaired) electrons. The van der Waals surface area contributed by atoms with Gasteiger partial charge in [-0.2, -0.15) is 0 Å². The fourth-order valence-corrected chi connectivity index (χ4v) is 2.78. The van der Waals surface area contributed by atoms with Crippen LogP contribution in [0.5, 0.6) is 0 Å². The van der Waals surface area contributed by atoms with Gasteiger partial charge in [0.1, 0.15) is 0 Å². The third-order valence-corrected chi connectivity index (χ3v) is 3.98. The van der Waals surface area contributed by atoms with Crippen molar-refractivity contribution in [3.63, 3.8) is 0 Å². The van der Waals surface area contributed by atoms with Crippen LogP contribution in [0.15, 0.2) is 0 Å². The van der Waals surface area contributed by atoms with E-state index < -0.39 is 0 Å². The van der Waals surface area contributed by atoms with Gasteiger partial charge in [0.15, 0.2) is 0 Å². The average molecular weight is 226 g/mol. The second-order valence-electron chi connectivity index (χ2n) is 5.39. The molecule has 1 fully saturated rings. The molecule has 0 spiro atoms. The summed E-state index contributed by atoms with van der Waals surface area (Å²) in [5.74, 6) is 0. The maximum atomic E-state index is 3.67. The van der Waals surface area contributed by atoms with Crippen LogP contribution in [0, 0.1) is 0 Å². The Morgan fingerprint density at radius 2 is 1.81 bits per heavy atom. The molecular formula is C14H30N2. The number of rotatable bonds is 6. The first kappa shape index (κ1) is 14.0. The zero-order chi connectivity index (χ0) is 12.0. The van der Waals surface area contributed by atoms with Gasteiger partial charge in [-0.3, -0.25) is 4.90 Å². The zero-order valence-corrected chi connectivity index (χ0v) is 11.6. The van der Waals surface area contributed by atoms with E-state index in [0.717, 1.165) is 18.6 Å². The summed E-state index contributed by atoms with van der Waals surface area (Å²) in [5.41, 5.74) is 0. The Balaban J connectivity index is 2.41. The van der Waals surface area contributed by atoms with E-state index in [2.05, 4.69) is 37.9 Å². The minimum Gasteiger partial charge on any atom is -0.313 e. The van der Waals surface area contributed by atoms with Crippen LogP contribution in [-0.4, -0.2) is 36.1 Å². The highest BCUT2D eigenvalue weighted by Gasteiger charge is 2.26. The highest BCUT2D eigenvalue weighted by Crippen LogP contribution is 2.22. The lowest BCUT2D eigenvalue weighted by Crippen LogP contribution is -2.50. The quantitative estimate of drug-likeness (QED) is 0.749. The topological polar surface area (TPSA) is 15.3 Å². The van der Waals surface area contributed by atoms with E-state index in [-0.39, 0.29) is 0 Å². The monoisotopic (exact) mass is 226 g/mol. The van der Waals surface area contributed by atoms with Gasteiger partial charge in [0.05, 0.1) is 0 Å². The van der Waals surface area contributed by atoms with Gasteiger partial charge in [0, 0.05) is 24.7 Å². The molecule has 1 N–H and O–H groups in total. The Morgan fingerprint density at radius 3 is 2.31 bits per heavy atom. The second kappa shape index (κ2) is 7.29. The summed E-state index contributed by atoms with van der Waals surface area (Å²) in [6.45, 7) is 11.7. The van der Waals surface area contributed by atoms with E-state index in [1.807, 2.05) is 0 Å². The van der Waals surface area contributed by atoms with Crippen molar-refractivity contribution in [2.24, 2.45) is 0 Å². The fourth-order valence-electron chi connectivity index (χ4n) is 2.78. The van der Waals surface area contributed by atoms with E-state index in [4.69, 9.17) is 0 Å². The van der Waals surface area contributed by atoms with Gasteiger partial charge in [-0.05, 0) is 46.1 Å². The first-order chi connectivity index (χ1) is 7.69. The lowest BCUT2D eigenvalue weighted by atomic mass is 9.96. The van der Waals surface area contributed by atoms with Crippen molar-refractivity contribution in [2.45, 2.75) is 77.9 Å². The minimum absolute atomic E-state index is 0.683. The minimum atomic E-state index is 0.683. The lowest BCUT2D eigenvalue weighted by Gasteiger charge is -2.41. The molecule has 2 nitrogen and oxygen atoms in total. The van der Waals surface area contributed by atoms with Crippen LogP contribution < -0.4 is 5.32 Å². The summed E-state index contributed by atoms with van der Waals surface area (Å²) in [7, 11) is 0. The van der Waals surface area contributed by atoms with Crippen LogP contribution >= 0.6 is 0 Å². The predicted octanol–water partition coefficient (Wildman–Crippen LogP) is 3.03. The van der Waals surface area contributed by atoms with Crippen LogP contribution in [0.3, 0.4) is 0 Å². The molecule has 0 aliphatic carbocycles. The molecule has 16 heavy (non-hydrogen) atoms. The highest BCUT2D eigenvalue weighted by atomic mass is 15.2. The zero-order valence-electron chi connectivity index (χ0n) is 11.6. The summed E-state index contributed by atoms with van der Waals surface area (Å²) in [5, 5.41) is 3.67. The van der Waals surface area contributed by atoms with Crippen LogP contribution in [0.25, 0.3) is 0 Å². The molecule has 1 heterocycles. The molecule has 0 amide bonds. The van der Waals surface area contributed by atoms with E-state index >= 15 is 0 Å². The maximum Gasteiger partial charge on any atom is 0.0192 e. The molecule has 0 aromatic rings. The van der Waals surface area contributed by atoms with Gasteiger partial charge < -0.3 is 5.32 Å². The molecular weight excluding hydrogens is 196 g/mol. The van der Waals surface area contributed by atoms with Gasteiger partial charge >= 0.3 is 0 Å². The normalized spacial score (nSPS) is 29.2. The number of piperidine rings is 1. The summed E-state index contributed by atoms with van der Waals surface area (Å²) >= 11 is 0.